The number of halogens is 2. The summed E-state index contributed by atoms with van der Waals surface area (Å²) in [5.74, 6) is -1.18. The van der Waals surface area contributed by atoms with Crippen LogP contribution in [0.25, 0.3) is 0 Å². The van der Waals surface area contributed by atoms with E-state index in [4.69, 9.17) is 10.5 Å². The highest BCUT2D eigenvalue weighted by atomic mass is 19.1. The summed E-state index contributed by atoms with van der Waals surface area (Å²) in [4.78, 5) is 0. The molecule has 1 unspecified atom stereocenters. The van der Waals surface area contributed by atoms with Crippen LogP contribution in [0.5, 0.6) is 0 Å². The van der Waals surface area contributed by atoms with Crippen molar-refractivity contribution >= 4 is 0 Å². The Bertz CT molecular complexity index is 402. The highest BCUT2D eigenvalue weighted by Gasteiger charge is 2.41. The molecule has 1 aliphatic rings. The molecule has 0 radical (unpaired) electrons. The minimum absolute atomic E-state index is 0.329. The van der Waals surface area contributed by atoms with Gasteiger partial charge in [-0.05, 0) is 18.9 Å². The van der Waals surface area contributed by atoms with Crippen LogP contribution in [-0.4, -0.2) is 12.7 Å². The standard InChI is InChI=1S/C13H17F2NO/c1-17-13(6-2-3-7-13)12(16)10-5-4-9(14)8-11(10)15/h4-5,8,12H,2-3,6-7,16H2,1H3. The maximum absolute atomic E-state index is 13.7. The molecule has 0 heterocycles. The summed E-state index contributed by atoms with van der Waals surface area (Å²) in [6, 6.07) is 2.97. The Morgan fingerprint density at radius 3 is 2.47 bits per heavy atom. The summed E-state index contributed by atoms with van der Waals surface area (Å²) in [6.07, 6.45) is 3.71. The first-order valence-corrected chi connectivity index (χ1v) is 5.85. The van der Waals surface area contributed by atoms with Crippen LogP contribution in [-0.2, 0) is 4.74 Å². The molecule has 1 aliphatic carbocycles. The Hall–Kier alpha value is -1.00. The second-order valence-corrected chi connectivity index (χ2v) is 4.62. The second-order valence-electron chi connectivity index (χ2n) is 4.62. The topological polar surface area (TPSA) is 35.2 Å². The lowest BCUT2D eigenvalue weighted by Crippen LogP contribution is -2.41. The van der Waals surface area contributed by atoms with Gasteiger partial charge >= 0.3 is 0 Å². The van der Waals surface area contributed by atoms with Gasteiger partial charge in [-0.1, -0.05) is 18.9 Å². The lowest BCUT2D eigenvalue weighted by molar-refractivity contribution is -0.0272. The van der Waals surface area contributed by atoms with Gasteiger partial charge in [0.1, 0.15) is 11.6 Å². The zero-order valence-corrected chi connectivity index (χ0v) is 9.88. The number of rotatable bonds is 3. The molecule has 94 valence electrons. The Kier molecular flexibility index (Phi) is 3.45. The lowest BCUT2D eigenvalue weighted by Gasteiger charge is -2.34. The molecule has 0 spiro atoms. The van der Waals surface area contributed by atoms with Crippen LogP contribution >= 0.6 is 0 Å². The van der Waals surface area contributed by atoms with Gasteiger partial charge in [-0.25, -0.2) is 8.78 Å². The SMILES string of the molecule is COC1(C(N)c2ccc(F)cc2F)CCCC1. The fourth-order valence-corrected chi connectivity index (χ4v) is 2.65. The molecule has 2 N–H and O–H groups in total. The van der Waals surface area contributed by atoms with Crippen molar-refractivity contribution in [3.05, 3.63) is 35.4 Å². The Labute approximate surface area is 99.8 Å². The molecule has 1 atom stereocenters. The third kappa shape index (κ3) is 2.19. The van der Waals surface area contributed by atoms with Crippen molar-refractivity contribution in [2.45, 2.75) is 37.3 Å². The van der Waals surface area contributed by atoms with E-state index < -0.39 is 23.3 Å². The molecule has 1 fully saturated rings. The normalized spacial score (nSPS) is 20.5. The molecule has 1 aromatic carbocycles. The zero-order chi connectivity index (χ0) is 12.5. The van der Waals surface area contributed by atoms with Crippen LogP contribution in [0.4, 0.5) is 8.78 Å². The van der Waals surface area contributed by atoms with Crippen LogP contribution in [0.2, 0.25) is 0 Å². The van der Waals surface area contributed by atoms with Crippen molar-refractivity contribution in [3.63, 3.8) is 0 Å². The van der Waals surface area contributed by atoms with Crippen LogP contribution < -0.4 is 5.73 Å². The van der Waals surface area contributed by atoms with Gasteiger partial charge in [0.25, 0.3) is 0 Å². The number of methoxy groups -OCH3 is 1. The molecule has 17 heavy (non-hydrogen) atoms. The molecule has 0 amide bonds. The highest BCUT2D eigenvalue weighted by molar-refractivity contribution is 5.25. The molecule has 0 aromatic heterocycles. The summed E-state index contributed by atoms with van der Waals surface area (Å²) in [5.41, 5.74) is 5.94. The summed E-state index contributed by atoms with van der Waals surface area (Å²) in [7, 11) is 1.60. The van der Waals surface area contributed by atoms with Gasteiger partial charge in [-0.2, -0.15) is 0 Å². The maximum Gasteiger partial charge on any atom is 0.130 e. The average molecular weight is 241 g/mol. The maximum atomic E-state index is 13.7. The zero-order valence-electron chi connectivity index (χ0n) is 9.88. The molecular weight excluding hydrogens is 224 g/mol. The van der Waals surface area contributed by atoms with Crippen LogP contribution in [0.1, 0.15) is 37.3 Å². The van der Waals surface area contributed by atoms with E-state index in [2.05, 4.69) is 0 Å². The van der Waals surface area contributed by atoms with Gasteiger partial charge in [-0.15, -0.1) is 0 Å². The third-order valence-corrected chi connectivity index (χ3v) is 3.72. The van der Waals surface area contributed by atoms with Crippen molar-refractivity contribution in [2.75, 3.05) is 7.11 Å². The first-order chi connectivity index (χ1) is 8.09. The molecule has 4 heteroatoms. The second kappa shape index (κ2) is 4.70. The Morgan fingerprint density at radius 2 is 1.94 bits per heavy atom. The fourth-order valence-electron chi connectivity index (χ4n) is 2.65. The quantitative estimate of drug-likeness (QED) is 0.883. The van der Waals surface area contributed by atoms with Crippen LogP contribution in [0, 0.1) is 11.6 Å². The number of nitrogens with two attached hydrogens (primary N) is 1. The van der Waals surface area contributed by atoms with Gasteiger partial charge in [0.2, 0.25) is 0 Å². The van der Waals surface area contributed by atoms with E-state index in [0.717, 1.165) is 31.7 Å². The lowest BCUT2D eigenvalue weighted by atomic mass is 9.87. The van der Waals surface area contributed by atoms with E-state index in [1.165, 1.54) is 12.1 Å². The molecular formula is C13H17F2NO. The van der Waals surface area contributed by atoms with Gasteiger partial charge in [-0.3, -0.25) is 0 Å². The number of ether oxygens (including phenoxy) is 1. The molecule has 1 aromatic rings. The molecule has 0 aliphatic heterocycles. The third-order valence-electron chi connectivity index (χ3n) is 3.72. The van der Waals surface area contributed by atoms with E-state index in [0.29, 0.717) is 5.56 Å². The van der Waals surface area contributed by atoms with Crippen LogP contribution in [0.3, 0.4) is 0 Å². The number of hydrogen-bond donors (Lipinski definition) is 1. The molecule has 2 nitrogen and oxygen atoms in total. The number of hydrogen-bond acceptors (Lipinski definition) is 2. The molecule has 0 bridgehead atoms. The predicted octanol–water partition coefficient (Wildman–Crippen LogP) is 2.92. The number of benzene rings is 1. The molecule has 2 rings (SSSR count). The van der Waals surface area contributed by atoms with Crippen molar-refractivity contribution in [1.82, 2.24) is 0 Å². The minimum Gasteiger partial charge on any atom is -0.376 e. The van der Waals surface area contributed by atoms with E-state index in [9.17, 15) is 8.78 Å². The monoisotopic (exact) mass is 241 g/mol. The Balaban J connectivity index is 2.32. The Morgan fingerprint density at radius 1 is 1.29 bits per heavy atom. The van der Waals surface area contributed by atoms with E-state index in [1.54, 1.807) is 7.11 Å². The first kappa shape index (κ1) is 12.5. The van der Waals surface area contributed by atoms with E-state index in [1.807, 2.05) is 0 Å². The minimum atomic E-state index is -0.596. The van der Waals surface area contributed by atoms with Crippen molar-refractivity contribution in [1.29, 1.82) is 0 Å². The van der Waals surface area contributed by atoms with E-state index >= 15 is 0 Å². The van der Waals surface area contributed by atoms with E-state index in [-0.39, 0.29) is 0 Å². The average Bonchev–Trinajstić information content (AvgIpc) is 2.78. The van der Waals surface area contributed by atoms with Gasteiger partial charge < -0.3 is 10.5 Å². The molecule has 1 saturated carbocycles. The van der Waals surface area contributed by atoms with Gasteiger partial charge in [0.05, 0.1) is 11.6 Å². The highest BCUT2D eigenvalue weighted by Crippen LogP contribution is 2.41. The largest absolute Gasteiger partial charge is 0.376 e. The van der Waals surface area contributed by atoms with Crippen molar-refractivity contribution < 1.29 is 13.5 Å². The first-order valence-electron chi connectivity index (χ1n) is 5.85. The summed E-state index contributed by atoms with van der Waals surface area (Å²) >= 11 is 0. The summed E-state index contributed by atoms with van der Waals surface area (Å²) in [5, 5.41) is 0. The van der Waals surface area contributed by atoms with Crippen molar-refractivity contribution in [2.24, 2.45) is 5.73 Å². The van der Waals surface area contributed by atoms with Gasteiger partial charge in [0, 0.05) is 18.7 Å². The van der Waals surface area contributed by atoms with Crippen LogP contribution in [0.15, 0.2) is 18.2 Å². The predicted molar refractivity (Wildman–Crippen MR) is 61.5 cm³/mol. The summed E-state index contributed by atoms with van der Waals surface area (Å²) < 4.78 is 32.1. The van der Waals surface area contributed by atoms with Gasteiger partial charge in [0.15, 0.2) is 0 Å². The fraction of sp³-hybridized carbons (Fsp3) is 0.538. The molecule has 0 saturated heterocycles. The van der Waals surface area contributed by atoms with Crippen molar-refractivity contribution in [3.8, 4) is 0 Å². The summed E-state index contributed by atoms with van der Waals surface area (Å²) in [6.45, 7) is 0. The smallest absolute Gasteiger partial charge is 0.130 e.